The van der Waals surface area contributed by atoms with Gasteiger partial charge in [0.25, 0.3) is 0 Å². The zero-order valence-corrected chi connectivity index (χ0v) is 12.5. The second-order valence-electron chi connectivity index (χ2n) is 4.78. The molecule has 0 heterocycles. The molecule has 0 amide bonds. The van der Waals surface area contributed by atoms with Crippen LogP contribution in [0.15, 0.2) is 24.3 Å². The molecular formula is C15H17BrO3. The zero-order chi connectivity index (χ0) is 13.9. The van der Waals surface area contributed by atoms with Crippen molar-refractivity contribution in [2.45, 2.75) is 26.2 Å². The van der Waals surface area contributed by atoms with Crippen LogP contribution in [0.1, 0.15) is 35.7 Å². The minimum absolute atomic E-state index is 0.115. The summed E-state index contributed by atoms with van der Waals surface area (Å²) in [6, 6.07) is 7.53. The van der Waals surface area contributed by atoms with Crippen molar-refractivity contribution in [2.75, 3.05) is 11.9 Å². The SMILES string of the molecule is CCOC(=O)C1(CBr)CCCc2ccccc2C1=O. The first-order chi connectivity index (χ1) is 9.15. The van der Waals surface area contributed by atoms with Gasteiger partial charge in [0.15, 0.2) is 5.78 Å². The lowest BCUT2D eigenvalue weighted by molar-refractivity contribution is -0.151. The number of fused-ring (bicyclic) bond motifs is 1. The van der Waals surface area contributed by atoms with Crippen molar-refractivity contribution in [2.24, 2.45) is 5.41 Å². The summed E-state index contributed by atoms with van der Waals surface area (Å²) in [4.78, 5) is 25.0. The van der Waals surface area contributed by atoms with Crippen molar-refractivity contribution < 1.29 is 14.3 Å². The van der Waals surface area contributed by atoms with E-state index in [4.69, 9.17) is 4.74 Å². The van der Waals surface area contributed by atoms with Crippen LogP contribution in [0.3, 0.4) is 0 Å². The minimum atomic E-state index is -1.07. The van der Waals surface area contributed by atoms with E-state index in [1.54, 1.807) is 13.0 Å². The van der Waals surface area contributed by atoms with E-state index in [2.05, 4.69) is 15.9 Å². The average Bonchev–Trinajstić information content (AvgIpc) is 2.57. The number of hydrogen-bond acceptors (Lipinski definition) is 3. The molecule has 3 nitrogen and oxygen atoms in total. The Balaban J connectivity index is 2.46. The summed E-state index contributed by atoms with van der Waals surface area (Å²) in [7, 11) is 0. The lowest BCUT2D eigenvalue weighted by Crippen LogP contribution is -2.42. The number of Topliss-reactive ketones (excluding diaryl/α,β-unsaturated/α-hetero) is 1. The molecule has 1 unspecified atom stereocenters. The fourth-order valence-electron chi connectivity index (χ4n) is 2.56. The largest absolute Gasteiger partial charge is 0.465 e. The summed E-state index contributed by atoms with van der Waals surface area (Å²) < 4.78 is 5.13. The number of halogens is 1. The van der Waals surface area contributed by atoms with Crippen LogP contribution in [0.4, 0.5) is 0 Å². The van der Waals surface area contributed by atoms with E-state index in [1.165, 1.54) is 0 Å². The van der Waals surface area contributed by atoms with Gasteiger partial charge in [0.2, 0.25) is 0 Å². The molecular weight excluding hydrogens is 308 g/mol. The standard InChI is InChI=1S/C15H17BrO3/c1-2-19-14(18)15(10-16)9-5-7-11-6-3-4-8-12(11)13(15)17/h3-4,6,8H,2,5,7,9-10H2,1H3. The van der Waals surface area contributed by atoms with Gasteiger partial charge in [-0.05, 0) is 31.7 Å². The molecule has 0 saturated heterocycles. The number of ether oxygens (including phenoxy) is 1. The number of esters is 1. The van der Waals surface area contributed by atoms with E-state index in [9.17, 15) is 9.59 Å². The number of alkyl halides is 1. The van der Waals surface area contributed by atoms with Crippen molar-refractivity contribution in [1.29, 1.82) is 0 Å². The predicted octanol–water partition coefficient (Wildman–Crippen LogP) is 3.15. The lowest BCUT2D eigenvalue weighted by Gasteiger charge is -2.26. The number of rotatable bonds is 3. The molecule has 0 aliphatic heterocycles. The molecule has 1 aliphatic carbocycles. The number of carbonyl (C=O) groups excluding carboxylic acids is 2. The molecule has 0 aromatic heterocycles. The Bertz CT molecular complexity index is 498. The van der Waals surface area contributed by atoms with Crippen LogP contribution in [-0.2, 0) is 16.0 Å². The third-order valence-corrected chi connectivity index (χ3v) is 4.60. The van der Waals surface area contributed by atoms with Gasteiger partial charge in [-0.2, -0.15) is 0 Å². The smallest absolute Gasteiger partial charge is 0.320 e. The number of benzene rings is 1. The molecule has 0 N–H and O–H groups in total. The fourth-order valence-corrected chi connectivity index (χ4v) is 3.32. The second-order valence-corrected chi connectivity index (χ2v) is 5.34. The van der Waals surface area contributed by atoms with Gasteiger partial charge in [-0.1, -0.05) is 40.2 Å². The normalized spacial score (nSPS) is 22.5. The van der Waals surface area contributed by atoms with Crippen molar-refractivity contribution in [3.05, 3.63) is 35.4 Å². The van der Waals surface area contributed by atoms with Crippen molar-refractivity contribution >= 4 is 27.7 Å². The Labute approximate surface area is 121 Å². The van der Waals surface area contributed by atoms with Gasteiger partial charge in [0.05, 0.1) is 6.61 Å². The van der Waals surface area contributed by atoms with Gasteiger partial charge in [0.1, 0.15) is 5.41 Å². The molecule has 0 fully saturated rings. The Kier molecular flexibility index (Phi) is 4.40. The average molecular weight is 325 g/mol. The van der Waals surface area contributed by atoms with Gasteiger partial charge in [-0.3, -0.25) is 9.59 Å². The highest BCUT2D eigenvalue weighted by Gasteiger charge is 2.47. The molecule has 1 aromatic rings. The second kappa shape index (κ2) is 5.87. The maximum Gasteiger partial charge on any atom is 0.320 e. The van der Waals surface area contributed by atoms with Crippen molar-refractivity contribution in [3.8, 4) is 0 Å². The monoisotopic (exact) mass is 324 g/mol. The summed E-state index contributed by atoms with van der Waals surface area (Å²) in [6.07, 6.45) is 2.17. The van der Waals surface area contributed by atoms with E-state index in [0.717, 1.165) is 18.4 Å². The molecule has 2 rings (SSSR count). The Hall–Kier alpha value is -1.16. The summed E-state index contributed by atoms with van der Waals surface area (Å²) in [5.74, 6) is -0.524. The van der Waals surface area contributed by atoms with E-state index in [1.807, 2.05) is 18.2 Å². The molecule has 0 saturated carbocycles. The third kappa shape index (κ3) is 2.46. The lowest BCUT2D eigenvalue weighted by atomic mass is 9.80. The molecule has 1 aliphatic rings. The number of ketones is 1. The summed E-state index contributed by atoms with van der Waals surface area (Å²) in [5.41, 5.74) is 0.620. The number of carbonyl (C=O) groups is 2. The summed E-state index contributed by atoms with van der Waals surface area (Å²) in [5, 5.41) is 0.312. The molecule has 1 aromatic carbocycles. The predicted molar refractivity (Wildman–Crippen MR) is 76.6 cm³/mol. The molecule has 4 heteroatoms. The van der Waals surface area contributed by atoms with Crippen LogP contribution in [0.2, 0.25) is 0 Å². The first-order valence-electron chi connectivity index (χ1n) is 6.51. The van der Waals surface area contributed by atoms with Gasteiger partial charge >= 0.3 is 5.97 Å². The Morgan fingerprint density at radius 3 is 2.84 bits per heavy atom. The summed E-state index contributed by atoms with van der Waals surface area (Å²) in [6.45, 7) is 2.05. The van der Waals surface area contributed by atoms with E-state index in [0.29, 0.717) is 23.9 Å². The van der Waals surface area contributed by atoms with Gasteiger partial charge < -0.3 is 4.74 Å². The summed E-state index contributed by atoms with van der Waals surface area (Å²) >= 11 is 3.34. The van der Waals surface area contributed by atoms with E-state index >= 15 is 0 Å². The first kappa shape index (κ1) is 14.3. The van der Waals surface area contributed by atoms with Crippen LogP contribution in [0, 0.1) is 5.41 Å². The molecule has 0 spiro atoms. The minimum Gasteiger partial charge on any atom is -0.465 e. The molecule has 0 radical (unpaired) electrons. The van der Waals surface area contributed by atoms with E-state index < -0.39 is 11.4 Å². The first-order valence-corrected chi connectivity index (χ1v) is 7.63. The Morgan fingerprint density at radius 2 is 2.16 bits per heavy atom. The van der Waals surface area contributed by atoms with Gasteiger partial charge in [0, 0.05) is 10.9 Å². The van der Waals surface area contributed by atoms with Crippen molar-refractivity contribution in [3.63, 3.8) is 0 Å². The topological polar surface area (TPSA) is 43.4 Å². The Morgan fingerprint density at radius 1 is 1.42 bits per heavy atom. The van der Waals surface area contributed by atoms with Crippen LogP contribution in [0.5, 0.6) is 0 Å². The highest BCUT2D eigenvalue weighted by atomic mass is 79.9. The molecule has 0 bridgehead atoms. The highest BCUT2D eigenvalue weighted by Crippen LogP contribution is 2.37. The van der Waals surface area contributed by atoms with Gasteiger partial charge in [-0.15, -0.1) is 0 Å². The van der Waals surface area contributed by atoms with Crippen molar-refractivity contribution in [1.82, 2.24) is 0 Å². The van der Waals surface area contributed by atoms with Gasteiger partial charge in [-0.25, -0.2) is 0 Å². The number of aryl methyl sites for hydroxylation is 1. The highest BCUT2D eigenvalue weighted by molar-refractivity contribution is 9.09. The quantitative estimate of drug-likeness (QED) is 0.371. The maximum absolute atomic E-state index is 12.8. The molecule has 102 valence electrons. The van der Waals surface area contributed by atoms with Crippen LogP contribution >= 0.6 is 15.9 Å². The van der Waals surface area contributed by atoms with Crippen LogP contribution in [-0.4, -0.2) is 23.7 Å². The molecule has 19 heavy (non-hydrogen) atoms. The van der Waals surface area contributed by atoms with E-state index in [-0.39, 0.29) is 5.78 Å². The third-order valence-electron chi connectivity index (χ3n) is 3.64. The van der Waals surface area contributed by atoms with Crippen LogP contribution < -0.4 is 0 Å². The van der Waals surface area contributed by atoms with Crippen LogP contribution in [0.25, 0.3) is 0 Å². The maximum atomic E-state index is 12.8. The fraction of sp³-hybridized carbons (Fsp3) is 0.467. The molecule has 1 atom stereocenters. The number of hydrogen-bond donors (Lipinski definition) is 0. The zero-order valence-electron chi connectivity index (χ0n) is 10.9.